The Hall–Kier alpha value is -2.51. The van der Waals surface area contributed by atoms with Crippen molar-refractivity contribution >= 4 is 39.1 Å². The molecule has 7 heteroatoms. The fourth-order valence-electron chi connectivity index (χ4n) is 2.55. The third-order valence-corrected chi connectivity index (χ3v) is 4.66. The van der Waals surface area contributed by atoms with Gasteiger partial charge in [-0.15, -0.1) is 0 Å². The largest absolute Gasteiger partial charge is 0.612 e. The second-order valence-electron chi connectivity index (χ2n) is 5.55. The minimum Gasteiger partial charge on any atom is -0.612 e. The molecule has 25 heavy (non-hydrogen) atoms. The van der Waals surface area contributed by atoms with Crippen molar-refractivity contribution in [2.24, 2.45) is 0 Å². The number of fused-ring (bicyclic) bond motifs is 2. The summed E-state index contributed by atoms with van der Waals surface area (Å²) in [5.41, 5.74) is 0.0894. The Morgan fingerprint density at radius 2 is 2.04 bits per heavy atom. The van der Waals surface area contributed by atoms with E-state index in [1.165, 1.54) is 24.5 Å². The SMILES string of the molecule is CCCOc1cc([S+](C)[O-])c2oc3ccc(C(=O)O)cc3c(=O)c2c1. The number of carboxylic acids is 1. The Balaban J connectivity index is 2.35. The average Bonchev–Trinajstić information content (AvgIpc) is 2.59. The number of hydrogen-bond donors (Lipinski definition) is 1. The molecule has 0 spiro atoms. The fraction of sp³-hybridized carbons (Fsp3) is 0.222. The van der Waals surface area contributed by atoms with E-state index in [1.807, 2.05) is 6.92 Å². The third kappa shape index (κ3) is 3.20. The van der Waals surface area contributed by atoms with E-state index in [4.69, 9.17) is 14.3 Å². The van der Waals surface area contributed by atoms with Gasteiger partial charge in [0.1, 0.15) is 17.6 Å². The zero-order valence-electron chi connectivity index (χ0n) is 13.7. The van der Waals surface area contributed by atoms with Crippen molar-refractivity contribution in [1.82, 2.24) is 0 Å². The van der Waals surface area contributed by atoms with Crippen molar-refractivity contribution in [3.63, 3.8) is 0 Å². The Bertz CT molecular complexity index is 1020. The van der Waals surface area contributed by atoms with E-state index < -0.39 is 17.1 Å². The van der Waals surface area contributed by atoms with Crippen LogP contribution in [-0.4, -0.2) is 28.5 Å². The van der Waals surface area contributed by atoms with Crippen LogP contribution >= 0.6 is 0 Å². The van der Waals surface area contributed by atoms with E-state index in [0.29, 0.717) is 17.3 Å². The average molecular weight is 360 g/mol. The van der Waals surface area contributed by atoms with Gasteiger partial charge in [-0.1, -0.05) is 6.92 Å². The summed E-state index contributed by atoms with van der Waals surface area (Å²) in [5.74, 6) is -0.697. The van der Waals surface area contributed by atoms with Crippen molar-refractivity contribution < 1.29 is 23.6 Å². The number of rotatable bonds is 5. The first-order chi connectivity index (χ1) is 11.9. The molecule has 1 aromatic heterocycles. The van der Waals surface area contributed by atoms with E-state index in [0.717, 1.165) is 6.42 Å². The minimum absolute atomic E-state index is 0.00294. The summed E-state index contributed by atoms with van der Waals surface area (Å²) >= 11 is -1.39. The summed E-state index contributed by atoms with van der Waals surface area (Å²) < 4.78 is 23.4. The van der Waals surface area contributed by atoms with Gasteiger partial charge < -0.3 is 18.8 Å². The van der Waals surface area contributed by atoms with Gasteiger partial charge in [0.25, 0.3) is 0 Å². The van der Waals surface area contributed by atoms with Crippen LogP contribution in [0.1, 0.15) is 23.7 Å². The molecule has 1 unspecified atom stereocenters. The summed E-state index contributed by atoms with van der Waals surface area (Å²) in [6.07, 6.45) is 2.28. The summed E-state index contributed by atoms with van der Waals surface area (Å²) in [7, 11) is 0. The van der Waals surface area contributed by atoms with E-state index in [2.05, 4.69) is 0 Å². The molecule has 0 aliphatic rings. The number of benzene rings is 2. The Kier molecular flexibility index (Phi) is 4.69. The number of aromatic carboxylic acids is 1. The third-order valence-electron chi connectivity index (χ3n) is 3.74. The zero-order valence-corrected chi connectivity index (χ0v) is 14.5. The van der Waals surface area contributed by atoms with Gasteiger partial charge in [-0.25, -0.2) is 4.79 Å². The first-order valence-corrected chi connectivity index (χ1v) is 9.22. The van der Waals surface area contributed by atoms with Crippen molar-refractivity contribution in [3.8, 4) is 5.75 Å². The first-order valence-electron chi connectivity index (χ1n) is 7.66. The van der Waals surface area contributed by atoms with Crippen LogP contribution in [0.4, 0.5) is 0 Å². The monoisotopic (exact) mass is 360 g/mol. The molecular weight excluding hydrogens is 344 g/mol. The molecule has 2 aromatic carbocycles. The van der Waals surface area contributed by atoms with Crippen molar-refractivity contribution in [2.75, 3.05) is 12.9 Å². The minimum atomic E-state index is -1.39. The molecule has 1 heterocycles. The van der Waals surface area contributed by atoms with Gasteiger partial charge in [0.05, 0.1) is 22.9 Å². The van der Waals surface area contributed by atoms with Gasteiger partial charge in [0.2, 0.25) is 5.43 Å². The molecule has 3 rings (SSSR count). The fourth-order valence-corrected chi connectivity index (χ4v) is 3.25. The van der Waals surface area contributed by atoms with Crippen LogP contribution in [-0.2, 0) is 11.2 Å². The van der Waals surface area contributed by atoms with Gasteiger partial charge >= 0.3 is 5.97 Å². The number of ether oxygens (including phenoxy) is 1. The topological polar surface area (TPSA) is 99.8 Å². The highest BCUT2D eigenvalue weighted by atomic mass is 32.2. The quantitative estimate of drug-likeness (QED) is 0.554. The smallest absolute Gasteiger partial charge is 0.335 e. The Morgan fingerprint density at radius 1 is 1.28 bits per heavy atom. The van der Waals surface area contributed by atoms with Gasteiger partial charge in [-0.05, 0) is 41.9 Å². The molecule has 0 amide bonds. The second kappa shape index (κ2) is 6.78. The molecule has 3 aromatic rings. The predicted octanol–water partition coefficient (Wildman–Crippen LogP) is 3.17. The lowest BCUT2D eigenvalue weighted by Crippen LogP contribution is -2.08. The van der Waals surface area contributed by atoms with Crippen LogP contribution in [0.5, 0.6) is 5.75 Å². The highest BCUT2D eigenvalue weighted by molar-refractivity contribution is 7.91. The lowest BCUT2D eigenvalue weighted by molar-refractivity contribution is 0.0697. The maximum atomic E-state index is 12.9. The highest BCUT2D eigenvalue weighted by Gasteiger charge is 2.20. The van der Waals surface area contributed by atoms with Gasteiger partial charge in [-0.2, -0.15) is 0 Å². The molecule has 6 nitrogen and oxygen atoms in total. The summed E-state index contributed by atoms with van der Waals surface area (Å²) in [6, 6.07) is 7.23. The molecule has 1 atom stereocenters. The molecule has 0 fully saturated rings. The van der Waals surface area contributed by atoms with Crippen LogP contribution in [0.3, 0.4) is 0 Å². The van der Waals surface area contributed by atoms with Crippen LogP contribution in [0.2, 0.25) is 0 Å². The molecular formula is C18H16O6S. The summed E-state index contributed by atoms with van der Waals surface area (Å²) in [5, 5.41) is 9.49. The molecule has 0 aliphatic heterocycles. The molecule has 0 aliphatic carbocycles. The van der Waals surface area contributed by atoms with Gasteiger partial charge in [0, 0.05) is 6.07 Å². The van der Waals surface area contributed by atoms with E-state index in [-0.39, 0.29) is 32.9 Å². The molecule has 0 bridgehead atoms. The van der Waals surface area contributed by atoms with E-state index >= 15 is 0 Å². The molecule has 130 valence electrons. The lowest BCUT2D eigenvalue weighted by atomic mass is 10.1. The number of carboxylic acid groups (broad SMARTS) is 1. The predicted molar refractivity (Wildman–Crippen MR) is 95.1 cm³/mol. The van der Waals surface area contributed by atoms with E-state index in [1.54, 1.807) is 12.1 Å². The normalized spacial score (nSPS) is 12.4. The first kappa shape index (κ1) is 17.3. The van der Waals surface area contributed by atoms with Gasteiger partial charge in [0.15, 0.2) is 10.5 Å². The highest BCUT2D eigenvalue weighted by Crippen LogP contribution is 2.30. The van der Waals surface area contributed by atoms with Crippen molar-refractivity contribution in [3.05, 3.63) is 46.1 Å². The molecule has 0 saturated heterocycles. The Labute approximate surface area is 146 Å². The number of hydrogen-bond acceptors (Lipinski definition) is 5. The van der Waals surface area contributed by atoms with Crippen LogP contribution < -0.4 is 10.2 Å². The zero-order chi connectivity index (χ0) is 18.1. The number of carbonyl (C=O) groups is 1. The summed E-state index contributed by atoms with van der Waals surface area (Å²) in [4.78, 5) is 24.4. The van der Waals surface area contributed by atoms with Crippen molar-refractivity contribution in [2.45, 2.75) is 18.2 Å². The molecule has 0 radical (unpaired) electrons. The maximum Gasteiger partial charge on any atom is 0.335 e. The Morgan fingerprint density at radius 3 is 2.68 bits per heavy atom. The van der Waals surface area contributed by atoms with E-state index in [9.17, 15) is 14.1 Å². The van der Waals surface area contributed by atoms with Crippen LogP contribution in [0.25, 0.3) is 21.9 Å². The summed E-state index contributed by atoms with van der Waals surface area (Å²) in [6.45, 7) is 2.42. The van der Waals surface area contributed by atoms with Crippen molar-refractivity contribution in [1.29, 1.82) is 0 Å². The maximum absolute atomic E-state index is 12.9. The van der Waals surface area contributed by atoms with Crippen LogP contribution in [0.15, 0.2) is 44.4 Å². The second-order valence-corrected chi connectivity index (χ2v) is 6.90. The lowest BCUT2D eigenvalue weighted by Gasteiger charge is -2.11. The van der Waals surface area contributed by atoms with Gasteiger partial charge in [-0.3, -0.25) is 4.79 Å². The molecule has 1 N–H and O–H groups in total. The van der Waals surface area contributed by atoms with Crippen LogP contribution in [0, 0.1) is 0 Å². The standard InChI is InChI=1S/C18H16O6S/c1-3-6-23-11-8-13-16(19)12-7-10(18(20)21)4-5-14(12)24-17(13)15(9-11)25(2)22/h4-5,7-9H,3,6H2,1-2H3,(H,20,21). The molecule has 0 saturated carbocycles.